The molecule has 1 fully saturated rings. The van der Waals surface area contributed by atoms with Gasteiger partial charge in [0.25, 0.3) is 0 Å². The van der Waals surface area contributed by atoms with Gasteiger partial charge in [-0.2, -0.15) is 0 Å². The fraction of sp³-hybridized carbons (Fsp3) is 0.625. The van der Waals surface area contributed by atoms with Crippen LogP contribution in [0.5, 0.6) is 5.75 Å². The number of aliphatic hydroxyl groups is 1. The summed E-state index contributed by atoms with van der Waals surface area (Å²) in [5.41, 5.74) is 0.870. The van der Waals surface area contributed by atoms with Crippen molar-refractivity contribution in [2.24, 2.45) is 11.8 Å². The van der Waals surface area contributed by atoms with Crippen LogP contribution >= 0.6 is 15.9 Å². The summed E-state index contributed by atoms with van der Waals surface area (Å²) >= 11 is 3.47. The second-order valence-corrected chi connectivity index (χ2v) is 6.93. The molecule has 0 bridgehead atoms. The van der Waals surface area contributed by atoms with Crippen LogP contribution in [0.25, 0.3) is 0 Å². The summed E-state index contributed by atoms with van der Waals surface area (Å²) in [4.78, 5) is 0. The highest BCUT2D eigenvalue weighted by molar-refractivity contribution is 9.10. The van der Waals surface area contributed by atoms with Crippen molar-refractivity contribution in [1.29, 1.82) is 0 Å². The molecule has 2 unspecified atom stereocenters. The van der Waals surface area contributed by atoms with Gasteiger partial charge in [0.1, 0.15) is 5.75 Å². The number of hydrogen-bond acceptors (Lipinski definition) is 2. The highest BCUT2D eigenvalue weighted by Gasteiger charge is 2.26. The van der Waals surface area contributed by atoms with Crippen LogP contribution in [0.2, 0.25) is 0 Å². The molecule has 0 aliphatic heterocycles. The van der Waals surface area contributed by atoms with Crippen LogP contribution in [0.4, 0.5) is 0 Å². The first-order valence-corrected chi connectivity index (χ1v) is 7.89. The lowest BCUT2D eigenvalue weighted by atomic mass is 9.82. The van der Waals surface area contributed by atoms with Crippen molar-refractivity contribution in [3.05, 3.63) is 28.2 Å². The molecule has 3 heteroatoms. The minimum absolute atomic E-state index is 0.269. The molecule has 0 spiro atoms. The third kappa shape index (κ3) is 3.96. The third-order valence-electron chi connectivity index (χ3n) is 3.85. The maximum Gasteiger partial charge on any atom is 0.126 e. The number of aliphatic hydroxyl groups excluding tert-OH is 1. The molecule has 1 N–H and O–H groups in total. The van der Waals surface area contributed by atoms with Gasteiger partial charge in [0.2, 0.25) is 0 Å². The number of rotatable bonds is 3. The summed E-state index contributed by atoms with van der Waals surface area (Å²) in [6.07, 6.45) is 3.28. The highest BCUT2D eigenvalue weighted by Crippen LogP contribution is 2.35. The van der Waals surface area contributed by atoms with E-state index in [4.69, 9.17) is 4.74 Å². The summed E-state index contributed by atoms with van der Waals surface area (Å²) in [5, 5.41) is 9.83. The Hall–Kier alpha value is -0.540. The maximum atomic E-state index is 9.83. The minimum atomic E-state index is -0.499. The smallest absolute Gasteiger partial charge is 0.126 e. The van der Waals surface area contributed by atoms with Crippen LogP contribution in [0.1, 0.15) is 51.7 Å². The minimum Gasteiger partial charge on any atom is -0.490 e. The molecule has 1 aliphatic carbocycles. The summed E-state index contributed by atoms with van der Waals surface area (Å²) in [6.45, 7) is 6.37. The Morgan fingerprint density at radius 2 is 1.84 bits per heavy atom. The van der Waals surface area contributed by atoms with Gasteiger partial charge >= 0.3 is 0 Å². The molecule has 19 heavy (non-hydrogen) atoms. The second kappa shape index (κ2) is 6.27. The van der Waals surface area contributed by atoms with E-state index < -0.39 is 6.10 Å². The van der Waals surface area contributed by atoms with Gasteiger partial charge in [0.05, 0.1) is 12.2 Å². The van der Waals surface area contributed by atoms with E-state index in [1.165, 1.54) is 6.42 Å². The molecular weight excluding hydrogens is 304 g/mol. The van der Waals surface area contributed by atoms with Gasteiger partial charge in [0, 0.05) is 10.0 Å². The molecule has 2 rings (SSSR count). The molecule has 0 aromatic heterocycles. The first-order valence-electron chi connectivity index (χ1n) is 7.10. The molecule has 2 nitrogen and oxygen atoms in total. The number of benzene rings is 1. The Kier molecular flexibility index (Phi) is 4.91. The molecule has 1 saturated carbocycles. The fourth-order valence-corrected chi connectivity index (χ4v) is 3.44. The molecule has 0 amide bonds. The lowest BCUT2D eigenvalue weighted by molar-refractivity contribution is 0.0959. The Morgan fingerprint density at radius 1 is 1.21 bits per heavy atom. The predicted octanol–water partition coefficient (Wildman–Crippen LogP) is 4.71. The summed E-state index contributed by atoms with van der Waals surface area (Å²) < 4.78 is 7.17. The van der Waals surface area contributed by atoms with E-state index in [0.717, 1.165) is 40.5 Å². The summed E-state index contributed by atoms with van der Waals surface area (Å²) in [6, 6.07) is 5.84. The Morgan fingerprint density at radius 3 is 2.42 bits per heavy atom. The highest BCUT2D eigenvalue weighted by atomic mass is 79.9. The average molecular weight is 327 g/mol. The number of halogens is 1. The van der Waals surface area contributed by atoms with Gasteiger partial charge in [-0.3, -0.25) is 0 Å². The number of hydrogen-bond donors (Lipinski definition) is 1. The van der Waals surface area contributed by atoms with E-state index in [9.17, 15) is 5.11 Å². The summed E-state index contributed by atoms with van der Waals surface area (Å²) in [5.74, 6) is 2.25. The zero-order chi connectivity index (χ0) is 14.0. The van der Waals surface area contributed by atoms with Gasteiger partial charge < -0.3 is 9.84 Å². The lowest BCUT2D eigenvalue weighted by Crippen LogP contribution is -2.28. The topological polar surface area (TPSA) is 29.5 Å². The molecular formula is C16H23BrO2. The Balaban J connectivity index is 2.15. The van der Waals surface area contributed by atoms with Crippen molar-refractivity contribution < 1.29 is 9.84 Å². The third-order valence-corrected chi connectivity index (χ3v) is 4.35. The largest absolute Gasteiger partial charge is 0.490 e. The lowest BCUT2D eigenvalue weighted by Gasteiger charge is -2.32. The van der Waals surface area contributed by atoms with E-state index in [0.29, 0.717) is 0 Å². The van der Waals surface area contributed by atoms with E-state index in [1.54, 1.807) is 6.92 Å². The SMILES string of the molecule is CC1CC(C)CC(Oc2cc(Br)ccc2[C@@H](C)O)C1. The zero-order valence-electron chi connectivity index (χ0n) is 11.9. The van der Waals surface area contributed by atoms with E-state index in [-0.39, 0.29) is 6.10 Å². The zero-order valence-corrected chi connectivity index (χ0v) is 13.5. The van der Waals surface area contributed by atoms with Gasteiger partial charge in [-0.15, -0.1) is 0 Å². The van der Waals surface area contributed by atoms with Gasteiger partial charge in [0.15, 0.2) is 0 Å². The first-order chi connectivity index (χ1) is 8.95. The summed E-state index contributed by atoms with van der Waals surface area (Å²) in [7, 11) is 0. The van der Waals surface area contributed by atoms with Crippen molar-refractivity contribution in [3.63, 3.8) is 0 Å². The monoisotopic (exact) mass is 326 g/mol. The Bertz CT molecular complexity index is 421. The molecule has 3 atom stereocenters. The van der Waals surface area contributed by atoms with E-state index in [2.05, 4.69) is 29.8 Å². The van der Waals surface area contributed by atoms with Crippen molar-refractivity contribution in [2.45, 2.75) is 52.2 Å². The van der Waals surface area contributed by atoms with E-state index >= 15 is 0 Å². The number of ether oxygens (including phenoxy) is 1. The van der Waals surface area contributed by atoms with Gasteiger partial charge in [-0.05, 0) is 50.2 Å². The average Bonchev–Trinajstić information content (AvgIpc) is 2.26. The van der Waals surface area contributed by atoms with Gasteiger partial charge in [-0.25, -0.2) is 0 Å². The van der Waals surface area contributed by atoms with E-state index in [1.807, 2.05) is 18.2 Å². The molecule has 0 heterocycles. The molecule has 1 aromatic carbocycles. The second-order valence-electron chi connectivity index (χ2n) is 6.02. The van der Waals surface area contributed by atoms with Crippen LogP contribution in [-0.4, -0.2) is 11.2 Å². The normalized spacial score (nSPS) is 29.0. The quantitative estimate of drug-likeness (QED) is 0.871. The molecule has 1 aromatic rings. The predicted molar refractivity (Wildman–Crippen MR) is 81.4 cm³/mol. The molecule has 0 radical (unpaired) electrons. The van der Waals surface area contributed by atoms with Crippen LogP contribution in [-0.2, 0) is 0 Å². The van der Waals surface area contributed by atoms with Crippen molar-refractivity contribution >= 4 is 15.9 Å². The van der Waals surface area contributed by atoms with Crippen LogP contribution in [0.15, 0.2) is 22.7 Å². The standard InChI is InChI=1S/C16H23BrO2/c1-10-6-11(2)8-14(7-10)19-16-9-13(17)4-5-15(16)12(3)18/h4-5,9-12,14,18H,6-8H2,1-3H3/t10?,11?,12-,14?/m1/s1. The molecule has 0 saturated heterocycles. The van der Waals surface area contributed by atoms with Crippen LogP contribution < -0.4 is 4.74 Å². The van der Waals surface area contributed by atoms with Crippen molar-refractivity contribution in [3.8, 4) is 5.75 Å². The van der Waals surface area contributed by atoms with Crippen molar-refractivity contribution in [2.75, 3.05) is 0 Å². The molecule has 1 aliphatic rings. The van der Waals surface area contributed by atoms with Crippen LogP contribution in [0.3, 0.4) is 0 Å². The maximum absolute atomic E-state index is 9.83. The molecule has 106 valence electrons. The Labute approximate surface area is 124 Å². The van der Waals surface area contributed by atoms with Crippen molar-refractivity contribution in [1.82, 2.24) is 0 Å². The van der Waals surface area contributed by atoms with Crippen LogP contribution in [0, 0.1) is 11.8 Å². The fourth-order valence-electron chi connectivity index (χ4n) is 3.10. The van der Waals surface area contributed by atoms with Gasteiger partial charge in [-0.1, -0.05) is 35.8 Å². The first kappa shape index (κ1) is 14.9.